The van der Waals surface area contributed by atoms with Crippen LogP contribution in [0.4, 0.5) is 0 Å². The second-order valence-electron chi connectivity index (χ2n) is 5.26. The van der Waals surface area contributed by atoms with Crippen molar-refractivity contribution in [3.05, 3.63) is 66.4 Å². The van der Waals surface area contributed by atoms with Crippen LogP contribution in [0.25, 0.3) is 10.9 Å². The summed E-state index contributed by atoms with van der Waals surface area (Å²) in [7, 11) is 0. The molecule has 0 spiro atoms. The van der Waals surface area contributed by atoms with Gasteiger partial charge in [-0.3, -0.25) is 4.98 Å². The minimum absolute atomic E-state index is 0.141. The largest absolute Gasteiger partial charge is 0.457 e. The Morgan fingerprint density at radius 1 is 1.10 bits per heavy atom. The van der Waals surface area contributed by atoms with E-state index in [-0.39, 0.29) is 6.04 Å². The van der Waals surface area contributed by atoms with Crippen LogP contribution in [-0.4, -0.2) is 11.0 Å². The summed E-state index contributed by atoms with van der Waals surface area (Å²) in [6.45, 7) is 2.00. The van der Waals surface area contributed by atoms with Gasteiger partial charge in [0, 0.05) is 17.6 Å². The standard InChI is InChI=1S/C18H18N2O/c1-13(19)11-14-5-2-6-15(12-14)21-18-9-3-8-17-16(18)7-4-10-20-17/h2-10,12-13H,11,19H2,1H3. The van der Waals surface area contributed by atoms with Gasteiger partial charge in [-0.25, -0.2) is 0 Å². The Bertz CT molecular complexity index is 748. The van der Waals surface area contributed by atoms with Crippen molar-refractivity contribution in [1.29, 1.82) is 0 Å². The van der Waals surface area contributed by atoms with Gasteiger partial charge in [0.05, 0.1) is 5.52 Å². The molecule has 3 rings (SSSR count). The van der Waals surface area contributed by atoms with Crippen molar-refractivity contribution in [3.8, 4) is 11.5 Å². The number of nitrogens with zero attached hydrogens (tertiary/aromatic N) is 1. The van der Waals surface area contributed by atoms with E-state index in [1.165, 1.54) is 5.56 Å². The first-order valence-corrected chi connectivity index (χ1v) is 7.08. The average molecular weight is 278 g/mol. The highest BCUT2D eigenvalue weighted by Gasteiger charge is 2.05. The van der Waals surface area contributed by atoms with Gasteiger partial charge in [0.25, 0.3) is 0 Å². The zero-order valence-electron chi connectivity index (χ0n) is 12.0. The van der Waals surface area contributed by atoms with Crippen molar-refractivity contribution < 1.29 is 4.74 Å². The van der Waals surface area contributed by atoms with E-state index in [2.05, 4.69) is 11.1 Å². The van der Waals surface area contributed by atoms with Crippen molar-refractivity contribution in [2.45, 2.75) is 19.4 Å². The Kier molecular flexibility index (Phi) is 3.84. The zero-order chi connectivity index (χ0) is 14.7. The van der Waals surface area contributed by atoms with Crippen molar-refractivity contribution in [3.63, 3.8) is 0 Å². The zero-order valence-corrected chi connectivity index (χ0v) is 12.0. The summed E-state index contributed by atoms with van der Waals surface area (Å²) in [4.78, 5) is 4.34. The van der Waals surface area contributed by atoms with Gasteiger partial charge >= 0.3 is 0 Å². The molecule has 3 heteroatoms. The molecule has 0 aliphatic carbocycles. The van der Waals surface area contributed by atoms with Crippen molar-refractivity contribution in [2.24, 2.45) is 5.73 Å². The summed E-state index contributed by atoms with van der Waals surface area (Å²) in [6.07, 6.45) is 2.63. The van der Waals surface area contributed by atoms with Crippen LogP contribution in [0.2, 0.25) is 0 Å². The van der Waals surface area contributed by atoms with Crippen molar-refractivity contribution in [1.82, 2.24) is 4.98 Å². The Labute approximate surface area is 124 Å². The van der Waals surface area contributed by atoms with Gasteiger partial charge in [0.15, 0.2) is 0 Å². The third-order valence-corrected chi connectivity index (χ3v) is 3.29. The molecule has 1 atom stereocenters. The van der Waals surface area contributed by atoms with Crippen LogP contribution in [0, 0.1) is 0 Å². The first-order valence-electron chi connectivity index (χ1n) is 7.08. The van der Waals surface area contributed by atoms with E-state index in [4.69, 9.17) is 10.5 Å². The molecule has 21 heavy (non-hydrogen) atoms. The number of hydrogen-bond acceptors (Lipinski definition) is 3. The molecule has 1 aromatic heterocycles. The second kappa shape index (κ2) is 5.94. The number of pyridine rings is 1. The molecule has 0 aliphatic heterocycles. The van der Waals surface area contributed by atoms with E-state index in [0.717, 1.165) is 28.8 Å². The number of nitrogens with two attached hydrogens (primary N) is 1. The fraction of sp³-hybridized carbons (Fsp3) is 0.167. The molecule has 3 nitrogen and oxygen atoms in total. The molecule has 0 amide bonds. The number of rotatable bonds is 4. The first-order chi connectivity index (χ1) is 10.2. The van der Waals surface area contributed by atoms with Crippen LogP contribution in [0.3, 0.4) is 0 Å². The lowest BCUT2D eigenvalue weighted by Gasteiger charge is -2.11. The van der Waals surface area contributed by atoms with Gasteiger partial charge < -0.3 is 10.5 Å². The number of ether oxygens (including phenoxy) is 1. The predicted octanol–water partition coefficient (Wildman–Crippen LogP) is 3.92. The maximum atomic E-state index is 6.03. The van der Waals surface area contributed by atoms with E-state index >= 15 is 0 Å². The molecule has 0 fully saturated rings. The summed E-state index contributed by atoms with van der Waals surface area (Å²) < 4.78 is 6.03. The summed E-state index contributed by atoms with van der Waals surface area (Å²) in [6, 6.07) is 18.0. The van der Waals surface area contributed by atoms with Crippen LogP contribution in [0.15, 0.2) is 60.8 Å². The van der Waals surface area contributed by atoms with Gasteiger partial charge in [-0.15, -0.1) is 0 Å². The normalized spacial score (nSPS) is 12.3. The van der Waals surface area contributed by atoms with E-state index in [1.54, 1.807) is 6.20 Å². The van der Waals surface area contributed by atoms with Gasteiger partial charge in [-0.2, -0.15) is 0 Å². The Hall–Kier alpha value is -2.39. The minimum atomic E-state index is 0.141. The molecule has 0 bridgehead atoms. The highest BCUT2D eigenvalue weighted by Crippen LogP contribution is 2.29. The minimum Gasteiger partial charge on any atom is -0.457 e. The molecule has 0 saturated heterocycles. The van der Waals surface area contributed by atoms with Crippen molar-refractivity contribution in [2.75, 3.05) is 0 Å². The van der Waals surface area contributed by atoms with E-state index in [1.807, 2.05) is 55.5 Å². The molecule has 0 radical (unpaired) electrons. The van der Waals surface area contributed by atoms with Crippen molar-refractivity contribution >= 4 is 10.9 Å². The fourth-order valence-electron chi connectivity index (χ4n) is 2.40. The van der Waals surface area contributed by atoms with E-state index in [0.29, 0.717) is 0 Å². The molecule has 2 aromatic carbocycles. The Balaban J connectivity index is 1.92. The van der Waals surface area contributed by atoms with Gasteiger partial charge in [-0.1, -0.05) is 18.2 Å². The van der Waals surface area contributed by atoms with Crippen LogP contribution in [0.1, 0.15) is 12.5 Å². The van der Waals surface area contributed by atoms with Crippen LogP contribution in [-0.2, 0) is 6.42 Å². The average Bonchev–Trinajstić information content (AvgIpc) is 2.47. The van der Waals surface area contributed by atoms with Crippen LogP contribution < -0.4 is 10.5 Å². The summed E-state index contributed by atoms with van der Waals surface area (Å²) in [5.74, 6) is 1.64. The molecule has 0 saturated carbocycles. The SMILES string of the molecule is CC(N)Cc1cccc(Oc2cccc3ncccc23)c1. The Morgan fingerprint density at radius 3 is 2.81 bits per heavy atom. The quantitative estimate of drug-likeness (QED) is 0.787. The lowest BCUT2D eigenvalue weighted by molar-refractivity contribution is 0.487. The van der Waals surface area contributed by atoms with Crippen LogP contribution in [0.5, 0.6) is 11.5 Å². The number of aromatic nitrogens is 1. The lowest BCUT2D eigenvalue weighted by Crippen LogP contribution is -2.17. The summed E-state index contributed by atoms with van der Waals surface area (Å²) in [5.41, 5.74) is 7.97. The molecule has 1 unspecified atom stereocenters. The molecular weight excluding hydrogens is 260 g/mol. The fourth-order valence-corrected chi connectivity index (χ4v) is 2.40. The predicted molar refractivity (Wildman–Crippen MR) is 85.6 cm³/mol. The Morgan fingerprint density at radius 2 is 1.95 bits per heavy atom. The number of benzene rings is 2. The molecule has 106 valence electrons. The second-order valence-corrected chi connectivity index (χ2v) is 5.26. The first kappa shape index (κ1) is 13.6. The van der Waals surface area contributed by atoms with Crippen LogP contribution >= 0.6 is 0 Å². The lowest BCUT2D eigenvalue weighted by atomic mass is 10.1. The highest BCUT2D eigenvalue weighted by atomic mass is 16.5. The smallest absolute Gasteiger partial charge is 0.136 e. The molecule has 0 aliphatic rings. The third-order valence-electron chi connectivity index (χ3n) is 3.29. The number of fused-ring (bicyclic) bond motifs is 1. The molecule has 2 N–H and O–H groups in total. The maximum Gasteiger partial charge on any atom is 0.136 e. The monoisotopic (exact) mass is 278 g/mol. The maximum absolute atomic E-state index is 6.03. The van der Waals surface area contributed by atoms with E-state index < -0.39 is 0 Å². The summed E-state index contributed by atoms with van der Waals surface area (Å²) >= 11 is 0. The third kappa shape index (κ3) is 3.20. The van der Waals surface area contributed by atoms with Gasteiger partial charge in [0.1, 0.15) is 11.5 Å². The van der Waals surface area contributed by atoms with Gasteiger partial charge in [0.2, 0.25) is 0 Å². The highest BCUT2D eigenvalue weighted by molar-refractivity contribution is 5.85. The number of hydrogen-bond donors (Lipinski definition) is 1. The van der Waals surface area contributed by atoms with E-state index in [9.17, 15) is 0 Å². The molecule has 3 aromatic rings. The van der Waals surface area contributed by atoms with Gasteiger partial charge in [-0.05, 0) is 55.3 Å². The summed E-state index contributed by atoms with van der Waals surface area (Å²) in [5, 5.41) is 1.01. The molecule has 1 heterocycles. The molecular formula is C18H18N2O. The topological polar surface area (TPSA) is 48.1 Å².